The number of hydrogen-bond acceptors (Lipinski definition) is 2. The van der Waals surface area contributed by atoms with Crippen molar-refractivity contribution >= 4 is 67.7 Å². The van der Waals surface area contributed by atoms with Crippen LogP contribution in [0.1, 0.15) is 27.7 Å². The Morgan fingerprint density at radius 2 is 0.690 bits per heavy atom. The average Bonchev–Trinajstić information content (AvgIpc) is 4.02. The van der Waals surface area contributed by atoms with Crippen molar-refractivity contribution in [2.24, 2.45) is 24.1 Å². The van der Waals surface area contributed by atoms with Crippen LogP contribution in [0.2, 0.25) is 0 Å². The van der Waals surface area contributed by atoms with Crippen molar-refractivity contribution in [1.82, 2.24) is 18.3 Å². The van der Waals surface area contributed by atoms with Gasteiger partial charge in [0.25, 0.3) is 0 Å². The third-order valence-corrected chi connectivity index (χ3v) is 11.0. The topological polar surface area (TPSA) is 44.4 Å². The number of nitrogens with zero attached hydrogens (tertiary/aromatic N) is 6. The van der Waals surface area contributed by atoms with E-state index in [1.807, 2.05) is 40.1 Å². The summed E-state index contributed by atoms with van der Waals surface area (Å²) in [5.74, 6) is 1.83. The predicted molar refractivity (Wildman–Crippen MR) is 248 cm³/mol. The predicted octanol–water partition coefficient (Wildman–Crippen LogP) is 14.0. The molecule has 4 heterocycles. The average molecular weight is 755 g/mol. The zero-order chi connectivity index (χ0) is 39.9. The Balaban J connectivity index is 0.00000215. The standard InChI is InChI=1S/C50H40N6.C2H6/c1-5-51-49-28-37(31-53(49)3)34-23-33(24-35(25-34)38-29-50(52-6-2)54(4)32-38)36-26-39(55-45-19-11-7-15-41(45)42-16-8-12-20-46(42)55)30-40(27-36)56-47-21-13-9-17-43(47)44-18-10-14-22-48(44)56;1-2/h5-32H,1-4H3;1-2H3/b51-5-,52-6-;. The second kappa shape index (κ2) is 15.1. The van der Waals surface area contributed by atoms with Gasteiger partial charge < -0.3 is 18.3 Å². The number of hydrogen-bond donors (Lipinski definition) is 0. The summed E-state index contributed by atoms with van der Waals surface area (Å²) >= 11 is 0. The molecule has 0 fully saturated rings. The molecule has 0 aliphatic rings. The van der Waals surface area contributed by atoms with Crippen LogP contribution in [0, 0.1) is 0 Å². The molecule has 0 unspecified atom stereocenters. The Bertz CT molecular complexity index is 2880. The molecule has 6 nitrogen and oxygen atoms in total. The second-order valence-electron chi connectivity index (χ2n) is 14.4. The van der Waals surface area contributed by atoms with Crippen molar-refractivity contribution in [2.45, 2.75) is 27.7 Å². The van der Waals surface area contributed by atoms with Gasteiger partial charge in [-0.1, -0.05) is 86.6 Å². The Labute approximate surface area is 339 Å². The number of aryl methyl sites for hydroxylation is 2. The molecule has 0 spiro atoms. The molecule has 0 bridgehead atoms. The number of benzene rings is 6. The fourth-order valence-corrected chi connectivity index (χ4v) is 8.49. The lowest BCUT2D eigenvalue weighted by molar-refractivity contribution is 0.927. The van der Waals surface area contributed by atoms with Crippen molar-refractivity contribution in [2.75, 3.05) is 0 Å². The minimum atomic E-state index is 0.913. The molecule has 284 valence electrons. The Morgan fingerprint density at radius 3 is 1.03 bits per heavy atom. The van der Waals surface area contributed by atoms with Crippen molar-refractivity contribution in [3.63, 3.8) is 0 Å². The molecule has 0 atom stereocenters. The molecule has 0 aliphatic carbocycles. The maximum atomic E-state index is 4.64. The molecule has 0 amide bonds. The van der Waals surface area contributed by atoms with Gasteiger partial charge in [0.05, 0.1) is 22.1 Å². The highest BCUT2D eigenvalue weighted by molar-refractivity contribution is 6.10. The second-order valence-corrected chi connectivity index (χ2v) is 14.4. The molecule has 0 radical (unpaired) electrons. The summed E-state index contributed by atoms with van der Waals surface area (Å²) in [5.41, 5.74) is 13.6. The minimum absolute atomic E-state index is 0.913. The Kier molecular flexibility index (Phi) is 9.46. The fraction of sp³-hybridized carbons (Fsp3) is 0.115. The van der Waals surface area contributed by atoms with Gasteiger partial charge in [-0.05, 0) is 109 Å². The summed E-state index contributed by atoms with van der Waals surface area (Å²) < 4.78 is 9.02. The van der Waals surface area contributed by atoms with E-state index in [-0.39, 0.29) is 0 Å². The van der Waals surface area contributed by atoms with E-state index < -0.39 is 0 Å². The summed E-state index contributed by atoms with van der Waals surface area (Å²) in [7, 11) is 4.10. The zero-order valence-corrected chi connectivity index (χ0v) is 33.8. The van der Waals surface area contributed by atoms with Crippen LogP contribution in [0.15, 0.2) is 168 Å². The van der Waals surface area contributed by atoms with Crippen LogP contribution in [0.3, 0.4) is 0 Å². The zero-order valence-electron chi connectivity index (χ0n) is 33.8. The first-order valence-electron chi connectivity index (χ1n) is 20.1. The molecule has 6 heteroatoms. The third kappa shape index (κ3) is 6.14. The van der Waals surface area contributed by atoms with Gasteiger partial charge in [0.1, 0.15) is 11.6 Å². The van der Waals surface area contributed by atoms with E-state index in [2.05, 4.69) is 200 Å². The summed E-state index contributed by atoms with van der Waals surface area (Å²) in [4.78, 5) is 9.28. The Morgan fingerprint density at radius 1 is 0.379 bits per heavy atom. The van der Waals surface area contributed by atoms with Gasteiger partial charge in [-0.2, -0.15) is 0 Å². The van der Waals surface area contributed by atoms with Crippen LogP contribution in [-0.2, 0) is 14.1 Å². The first kappa shape index (κ1) is 36.5. The number of fused-ring (bicyclic) bond motifs is 6. The number of rotatable bonds is 7. The van der Waals surface area contributed by atoms with E-state index in [1.165, 1.54) is 43.6 Å². The highest BCUT2D eigenvalue weighted by Crippen LogP contribution is 2.40. The van der Waals surface area contributed by atoms with Crippen LogP contribution in [-0.4, -0.2) is 30.7 Å². The van der Waals surface area contributed by atoms with Crippen LogP contribution in [0.5, 0.6) is 0 Å². The van der Waals surface area contributed by atoms with E-state index in [1.54, 1.807) is 0 Å². The molecule has 0 saturated heterocycles. The highest BCUT2D eigenvalue weighted by Gasteiger charge is 2.19. The lowest BCUT2D eigenvalue weighted by atomic mass is 9.94. The van der Waals surface area contributed by atoms with Crippen LogP contribution < -0.4 is 0 Å². The van der Waals surface area contributed by atoms with Gasteiger partial charge in [0, 0.05) is 83.0 Å². The number of aliphatic imine (C=N–C) groups is 2. The minimum Gasteiger partial charge on any atom is -0.335 e. The molecule has 10 rings (SSSR count). The quantitative estimate of drug-likeness (QED) is 0.145. The molecule has 0 saturated carbocycles. The van der Waals surface area contributed by atoms with Crippen molar-refractivity contribution in [3.8, 4) is 44.8 Å². The largest absolute Gasteiger partial charge is 0.335 e. The van der Waals surface area contributed by atoms with Gasteiger partial charge in [-0.3, -0.25) is 0 Å². The van der Waals surface area contributed by atoms with Crippen LogP contribution in [0.25, 0.3) is 88.4 Å². The lowest BCUT2D eigenvalue weighted by Gasteiger charge is -2.17. The van der Waals surface area contributed by atoms with Crippen LogP contribution >= 0.6 is 0 Å². The highest BCUT2D eigenvalue weighted by atomic mass is 15.0. The molecule has 0 N–H and O–H groups in total. The first-order chi connectivity index (χ1) is 28.5. The van der Waals surface area contributed by atoms with Crippen LogP contribution in [0.4, 0.5) is 11.6 Å². The van der Waals surface area contributed by atoms with Gasteiger partial charge in [-0.25, -0.2) is 9.98 Å². The SMILES string of the molecule is C/C=N\c1cc(-c2cc(-c3cc(-n4c5ccccc5c5ccccc54)cc(-n4c5ccccc5c5ccccc54)c3)cc(-c3cc(/N=C\C)n(C)c3)c2)cn1C.CC. The van der Waals surface area contributed by atoms with E-state index >= 15 is 0 Å². The number of aromatic nitrogens is 4. The molecule has 58 heavy (non-hydrogen) atoms. The summed E-state index contributed by atoms with van der Waals surface area (Å²) in [6.45, 7) is 7.91. The summed E-state index contributed by atoms with van der Waals surface area (Å²) in [6.07, 6.45) is 8.02. The van der Waals surface area contributed by atoms with E-state index in [0.29, 0.717) is 0 Å². The monoisotopic (exact) mass is 754 g/mol. The van der Waals surface area contributed by atoms with Crippen molar-refractivity contribution in [1.29, 1.82) is 0 Å². The summed E-state index contributed by atoms with van der Waals surface area (Å²) in [5, 5.41) is 4.95. The molecule has 6 aromatic carbocycles. The maximum absolute atomic E-state index is 4.64. The normalized spacial score (nSPS) is 11.8. The lowest BCUT2D eigenvalue weighted by Crippen LogP contribution is -2.00. The molecule has 0 aliphatic heterocycles. The van der Waals surface area contributed by atoms with Crippen molar-refractivity contribution in [3.05, 3.63) is 158 Å². The maximum Gasteiger partial charge on any atom is 0.132 e. The van der Waals surface area contributed by atoms with Crippen molar-refractivity contribution < 1.29 is 0 Å². The van der Waals surface area contributed by atoms with Gasteiger partial charge >= 0.3 is 0 Å². The van der Waals surface area contributed by atoms with Gasteiger partial charge in [0.15, 0.2) is 0 Å². The first-order valence-corrected chi connectivity index (χ1v) is 20.1. The van der Waals surface area contributed by atoms with E-state index in [0.717, 1.165) is 56.4 Å². The smallest absolute Gasteiger partial charge is 0.132 e. The van der Waals surface area contributed by atoms with E-state index in [4.69, 9.17) is 0 Å². The fourth-order valence-electron chi connectivity index (χ4n) is 8.49. The van der Waals surface area contributed by atoms with Gasteiger partial charge in [0.2, 0.25) is 0 Å². The number of para-hydroxylation sites is 4. The molecule has 4 aromatic heterocycles. The molecular formula is C52H46N6. The Hall–Kier alpha value is -7.18. The van der Waals surface area contributed by atoms with Gasteiger partial charge in [-0.15, -0.1) is 0 Å². The summed E-state index contributed by atoms with van der Waals surface area (Å²) in [6, 6.07) is 53.3. The third-order valence-electron chi connectivity index (χ3n) is 11.0. The molecule has 10 aromatic rings. The molecular weight excluding hydrogens is 709 g/mol. The van der Waals surface area contributed by atoms with E-state index in [9.17, 15) is 0 Å².